The number of ether oxygens (including phenoxy) is 2. The fourth-order valence-electron chi connectivity index (χ4n) is 1.75. The molecule has 1 heterocycles. The average Bonchev–Trinajstić information content (AvgIpc) is 2.52. The second kappa shape index (κ2) is 8.51. The highest BCUT2D eigenvalue weighted by molar-refractivity contribution is 9.10. The molecule has 0 radical (unpaired) electrons. The minimum Gasteiger partial charge on any atom is -0.439 e. The van der Waals surface area contributed by atoms with Crippen molar-refractivity contribution in [2.45, 2.75) is 6.42 Å². The topological polar surface area (TPSA) is 60.5 Å². The number of aromatic nitrogens is 1. The van der Waals surface area contributed by atoms with Crippen LogP contribution in [0.4, 0.5) is 0 Å². The first-order chi connectivity index (χ1) is 10.7. The van der Waals surface area contributed by atoms with Crippen LogP contribution in [0.15, 0.2) is 47.1 Å². The van der Waals surface area contributed by atoms with E-state index in [0.717, 1.165) is 10.9 Å². The highest BCUT2D eigenvalue weighted by Gasteiger charge is 2.06. The van der Waals surface area contributed by atoms with E-state index in [1.54, 1.807) is 19.2 Å². The Kier molecular flexibility index (Phi) is 6.36. The van der Waals surface area contributed by atoms with Gasteiger partial charge in [0, 0.05) is 37.0 Å². The lowest BCUT2D eigenvalue weighted by Crippen LogP contribution is -2.25. The summed E-state index contributed by atoms with van der Waals surface area (Å²) in [4.78, 5) is 16.0. The van der Waals surface area contributed by atoms with Gasteiger partial charge < -0.3 is 14.8 Å². The van der Waals surface area contributed by atoms with Crippen LogP contribution < -0.4 is 10.1 Å². The van der Waals surface area contributed by atoms with Crippen LogP contribution in [-0.2, 0) is 4.74 Å². The van der Waals surface area contributed by atoms with Crippen molar-refractivity contribution in [3.8, 4) is 11.6 Å². The number of methoxy groups -OCH3 is 1. The van der Waals surface area contributed by atoms with Crippen LogP contribution in [0.5, 0.6) is 11.6 Å². The number of nitrogens with one attached hydrogen (secondary N) is 1. The highest BCUT2D eigenvalue weighted by Crippen LogP contribution is 2.22. The quantitative estimate of drug-likeness (QED) is 0.764. The van der Waals surface area contributed by atoms with E-state index >= 15 is 0 Å². The molecule has 6 heteroatoms. The third-order valence-electron chi connectivity index (χ3n) is 2.83. The van der Waals surface area contributed by atoms with E-state index in [0.29, 0.717) is 30.3 Å². The Hall–Kier alpha value is -1.92. The van der Waals surface area contributed by atoms with Crippen LogP contribution in [0.2, 0.25) is 0 Å². The number of hydrogen-bond acceptors (Lipinski definition) is 4. The summed E-state index contributed by atoms with van der Waals surface area (Å²) in [7, 11) is 1.63. The molecule has 0 spiro atoms. The third-order valence-corrected chi connectivity index (χ3v) is 3.32. The molecular formula is C16H17BrN2O3. The first-order valence-corrected chi connectivity index (χ1v) is 7.65. The molecule has 116 valence electrons. The van der Waals surface area contributed by atoms with Crippen molar-refractivity contribution in [1.82, 2.24) is 10.3 Å². The molecule has 1 aromatic carbocycles. The van der Waals surface area contributed by atoms with Gasteiger partial charge in [0.2, 0.25) is 5.88 Å². The van der Waals surface area contributed by atoms with Crippen LogP contribution >= 0.6 is 15.9 Å². The largest absolute Gasteiger partial charge is 0.439 e. The van der Waals surface area contributed by atoms with Crippen molar-refractivity contribution in [2.24, 2.45) is 0 Å². The summed E-state index contributed by atoms with van der Waals surface area (Å²) in [6.07, 6.45) is 2.28. The van der Waals surface area contributed by atoms with E-state index in [9.17, 15) is 4.79 Å². The number of carbonyl (C=O) groups is 1. The van der Waals surface area contributed by atoms with Crippen molar-refractivity contribution in [1.29, 1.82) is 0 Å². The molecule has 0 fully saturated rings. The van der Waals surface area contributed by atoms with Crippen molar-refractivity contribution in [2.75, 3.05) is 20.3 Å². The number of halogens is 1. The standard InChI is InChI=1S/C16H17BrN2O3/c1-21-9-3-8-18-16(20)12-6-7-15(19-11-12)22-14-5-2-4-13(17)10-14/h2,4-7,10-11H,3,8-9H2,1H3,(H,18,20). The zero-order valence-electron chi connectivity index (χ0n) is 12.2. The number of carbonyl (C=O) groups excluding carboxylic acids is 1. The fourth-order valence-corrected chi connectivity index (χ4v) is 2.12. The van der Waals surface area contributed by atoms with Gasteiger partial charge in [-0.25, -0.2) is 4.98 Å². The highest BCUT2D eigenvalue weighted by atomic mass is 79.9. The Labute approximate surface area is 137 Å². The number of amides is 1. The molecule has 0 unspecified atom stereocenters. The molecule has 2 aromatic rings. The van der Waals surface area contributed by atoms with Gasteiger partial charge in [0.05, 0.1) is 5.56 Å². The molecule has 1 aromatic heterocycles. The van der Waals surface area contributed by atoms with E-state index < -0.39 is 0 Å². The van der Waals surface area contributed by atoms with Gasteiger partial charge in [-0.05, 0) is 30.7 Å². The molecule has 1 N–H and O–H groups in total. The SMILES string of the molecule is COCCCNC(=O)c1ccc(Oc2cccc(Br)c2)nc1. The van der Waals surface area contributed by atoms with Gasteiger partial charge in [0.25, 0.3) is 5.91 Å². The molecule has 0 atom stereocenters. The lowest BCUT2D eigenvalue weighted by atomic mass is 10.2. The third kappa shape index (κ3) is 5.13. The summed E-state index contributed by atoms with van der Waals surface area (Å²) in [6, 6.07) is 10.8. The molecule has 1 amide bonds. The predicted octanol–water partition coefficient (Wildman–Crippen LogP) is 3.40. The van der Waals surface area contributed by atoms with Gasteiger partial charge in [-0.2, -0.15) is 0 Å². The maximum Gasteiger partial charge on any atom is 0.252 e. The molecule has 0 saturated carbocycles. The van der Waals surface area contributed by atoms with Gasteiger partial charge in [0.1, 0.15) is 5.75 Å². The van der Waals surface area contributed by atoms with Gasteiger partial charge in [0.15, 0.2) is 0 Å². The summed E-state index contributed by atoms with van der Waals surface area (Å²) < 4.78 is 11.5. The van der Waals surface area contributed by atoms with Gasteiger partial charge >= 0.3 is 0 Å². The fraction of sp³-hybridized carbons (Fsp3) is 0.250. The molecule has 0 saturated heterocycles. The number of nitrogens with zero attached hydrogens (tertiary/aromatic N) is 1. The van der Waals surface area contributed by atoms with Crippen LogP contribution in [0.25, 0.3) is 0 Å². The van der Waals surface area contributed by atoms with E-state index in [1.165, 1.54) is 6.20 Å². The maximum absolute atomic E-state index is 11.9. The normalized spacial score (nSPS) is 10.3. The van der Waals surface area contributed by atoms with Crippen molar-refractivity contribution < 1.29 is 14.3 Å². The van der Waals surface area contributed by atoms with Crippen molar-refractivity contribution >= 4 is 21.8 Å². The first kappa shape index (κ1) is 16.5. The Bertz CT molecular complexity index is 617. The molecule has 5 nitrogen and oxygen atoms in total. The van der Waals surface area contributed by atoms with Gasteiger partial charge in [-0.1, -0.05) is 22.0 Å². The van der Waals surface area contributed by atoms with Gasteiger partial charge in [-0.3, -0.25) is 4.79 Å². The number of benzene rings is 1. The second-order valence-electron chi connectivity index (χ2n) is 4.55. The van der Waals surface area contributed by atoms with Crippen LogP contribution in [0.1, 0.15) is 16.8 Å². The van der Waals surface area contributed by atoms with Crippen molar-refractivity contribution in [3.63, 3.8) is 0 Å². The molecule has 2 rings (SSSR count). The first-order valence-electron chi connectivity index (χ1n) is 6.85. The van der Waals surface area contributed by atoms with E-state index in [4.69, 9.17) is 9.47 Å². The summed E-state index contributed by atoms with van der Waals surface area (Å²) in [5.41, 5.74) is 0.499. The molecule has 22 heavy (non-hydrogen) atoms. The lowest BCUT2D eigenvalue weighted by molar-refractivity contribution is 0.0948. The Balaban J connectivity index is 1.91. The number of pyridine rings is 1. The summed E-state index contributed by atoms with van der Waals surface area (Å²) in [6.45, 7) is 1.20. The number of hydrogen-bond donors (Lipinski definition) is 1. The second-order valence-corrected chi connectivity index (χ2v) is 5.46. The van der Waals surface area contributed by atoms with E-state index in [2.05, 4.69) is 26.2 Å². The lowest BCUT2D eigenvalue weighted by Gasteiger charge is -2.07. The van der Waals surface area contributed by atoms with Gasteiger partial charge in [-0.15, -0.1) is 0 Å². The summed E-state index contributed by atoms with van der Waals surface area (Å²) in [5.74, 6) is 0.963. The monoisotopic (exact) mass is 364 g/mol. The molecule has 0 aliphatic heterocycles. The van der Waals surface area contributed by atoms with E-state index in [-0.39, 0.29) is 5.91 Å². The Morgan fingerprint density at radius 1 is 1.32 bits per heavy atom. The minimum atomic E-state index is -0.155. The molecule has 0 bridgehead atoms. The van der Waals surface area contributed by atoms with E-state index in [1.807, 2.05) is 24.3 Å². The van der Waals surface area contributed by atoms with Crippen molar-refractivity contribution in [3.05, 3.63) is 52.6 Å². The Morgan fingerprint density at radius 3 is 2.86 bits per heavy atom. The maximum atomic E-state index is 11.9. The van der Waals surface area contributed by atoms with Crippen LogP contribution in [-0.4, -0.2) is 31.2 Å². The smallest absolute Gasteiger partial charge is 0.252 e. The molecular weight excluding hydrogens is 348 g/mol. The summed E-state index contributed by atoms with van der Waals surface area (Å²) >= 11 is 3.38. The summed E-state index contributed by atoms with van der Waals surface area (Å²) in [5, 5.41) is 2.80. The molecule has 0 aliphatic rings. The minimum absolute atomic E-state index is 0.155. The number of rotatable bonds is 7. The average molecular weight is 365 g/mol. The molecule has 0 aliphatic carbocycles. The Morgan fingerprint density at radius 2 is 2.18 bits per heavy atom. The van der Waals surface area contributed by atoms with Crippen LogP contribution in [0, 0.1) is 0 Å². The zero-order valence-corrected chi connectivity index (χ0v) is 13.8. The zero-order chi connectivity index (χ0) is 15.8. The van der Waals surface area contributed by atoms with Crippen LogP contribution in [0.3, 0.4) is 0 Å². The predicted molar refractivity (Wildman–Crippen MR) is 87.3 cm³/mol.